The smallest absolute Gasteiger partial charge is 0.219 e. The van der Waals surface area contributed by atoms with Crippen LogP contribution in [0.5, 0.6) is 11.6 Å². The normalized spacial score (nSPS) is 10.3. The number of aromatic nitrogens is 2. The van der Waals surface area contributed by atoms with Gasteiger partial charge in [-0.05, 0) is 30.2 Å². The second-order valence-corrected chi connectivity index (χ2v) is 4.05. The maximum Gasteiger partial charge on any atom is 0.219 e. The summed E-state index contributed by atoms with van der Waals surface area (Å²) in [6, 6.07) is 7.57. The summed E-state index contributed by atoms with van der Waals surface area (Å²) in [4.78, 5) is 8.47. The van der Waals surface area contributed by atoms with E-state index in [0.29, 0.717) is 18.2 Å². The molecule has 2 rings (SSSR count). The molecule has 2 aromatic rings. The second kappa shape index (κ2) is 6.12. The van der Waals surface area contributed by atoms with Crippen LogP contribution in [0.1, 0.15) is 24.6 Å². The van der Waals surface area contributed by atoms with Gasteiger partial charge in [0.25, 0.3) is 0 Å². The minimum atomic E-state index is 0.489. The highest BCUT2D eigenvalue weighted by Crippen LogP contribution is 2.20. The summed E-state index contributed by atoms with van der Waals surface area (Å²) in [5.41, 5.74) is 7.73. The summed E-state index contributed by atoms with van der Waals surface area (Å²) in [5.74, 6) is 1.26. The van der Waals surface area contributed by atoms with Crippen molar-refractivity contribution in [1.29, 1.82) is 0 Å². The Labute approximate surface area is 107 Å². The van der Waals surface area contributed by atoms with Gasteiger partial charge >= 0.3 is 0 Å². The number of pyridine rings is 2. The van der Waals surface area contributed by atoms with Crippen molar-refractivity contribution in [3.63, 3.8) is 0 Å². The molecule has 0 atom stereocenters. The zero-order valence-corrected chi connectivity index (χ0v) is 10.5. The first kappa shape index (κ1) is 12.5. The maximum atomic E-state index is 5.68. The predicted octanol–water partition coefficient (Wildman–Crippen LogP) is 2.68. The quantitative estimate of drug-likeness (QED) is 0.877. The summed E-state index contributed by atoms with van der Waals surface area (Å²) in [7, 11) is 0. The van der Waals surface area contributed by atoms with Crippen LogP contribution < -0.4 is 10.5 Å². The summed E-state index contributed by atoms with van der Waals surface area (Å²) in [5, 5.41) is 0. The Hall–Kier alpha value is -1.94. The summed E-state index contributed by atoms with van der Waals surface area (Å²) in [6.45, 7) is 2.61. The second-order valence-electron chi connectivity index (χ2n) is 4.05. The highest BCUT2D eigenvalue weighted by molar-refractivity contribution is 5.29. The predicted molar refractivity (Wildman–Crippen MR) is 70.4 cm³/mol. The molecule has 0 saturated heterocycles. The molecule has 2 heterocycles. The maximum absolute atomic E-state index is 5.68. The van der Waals surface area contributed by atoms with E-state index in [1.54, 1.807) is 12.4 Å². The molecule has 0 saturated carbocycles. The van der Waals surface area contributed by atoms with Gasteiger partial charge < -0.3 is 10.5 Å². The van der Waals surface area contributed by atoms with Crippen LogP contribution in [0.2, 0.25) is 0 Å². The molecule has 4 heteroatoms. The molecule has 18 heavy (non-hydrogen) atoms. The molecule has 0 radical (unpaired) electrons. The molecule has 0 aliphatic rings. The Morgan fingerprint density at radius 3 is 2.89 bits per heavy atom. The Kier molecular flexibility index (Phi) is 4.25. The largest absolute Gasteiger partial charge is 0.437 e. The van der Waals surface area contributed by atoms with Gasteiger partial charge in [-0.2, -0.15) is 0 Å². The molecule has 2 N–H and O–H groups in total. The molecule has 4 nitrogen and oxygen atoms in total. The number of nitrogens with two attached hydrogens (primary N) is 1. The van der Waals surface area contributed by atoms with Gasteiger partial charge in [0.2, 0.25) is 5.88 Å². The molecule has 2 aromatic heterocycles. The van der Waals surface area contributed by atoms with Gasteiger partial charge in [-0.1, -0.05) is 13.3 Å². The van der Waals surface area contributed by atoms with Gasteiger partial charge in [0.15, 0.2) is 0 Å². The van der Waals surface area contributed by atoms with E-state index in [0.717, 1.165) is 24.1 Å². The summed E-state index contributed by atoms with van der Waals surface area (Å²) in [6.07, 6.45) is 5.35. The monoisotopic (exact) mass is 243 g/mol. The van der Waals surface area contributed by atoms with Crippen LogP contribution in [-0.4, -0.2) is 9.97 Å². The van der Waals surface area contributed by atoms with Crippen molar-refractivity contribution in [1.82, 2.24) is 9.97 Å². The molecular formula is C14H17N3O. The fourth-order valence-corrected chi connectivity index (χ4v) is 1.70. The molecule has 0 aliphatic heterocycles. The number of hydrogen-bond acceptors (Lipinski definition) is 4. The van der Waals surface area contributed by atoms with E-state index in [-0.39, 0.29) is 0 Å². The minimum absolute atomic E-state index is 0.489. The third-order valence-electron chi connectivity index (χ3n) is 2.51. The van der Waals surface area contributed by atoms with Crippen molar-refractivity contribution < 1.29 is 4.74 Å². The molecule has 0 fully saturated rings. The van der Waals surface area contributed by atoms with Crippen molar-refractivity contribution in [2.75, 3.05) is 0 Å². The number of hydrogen-bond donors (Lipinski definition) is 1. The lowest BCUT2D eigenvalue weighted by Gasteiger charge is -2.08. The van der Waals surface area contributed by atoms with Crippen molar-refractivity contribution >= 4 is 0 Å². The van der Waals surface area contributed by atoms with E-state index in [4.69, 9.17) is 10.5 Å². The van der Waals surface area contributed by atoms with Gasteiger partial charge in [-0.25, -0.2) is 4.98 Å². The van der Waals surface area contributed by atoms with Crippen molar-refractivity contribution in [3.05, 3.63) is 47.9 Å². The Bertz CT molecular complexity index is 500. The van der Waals surface area contributed by atoms with Crippen LogP contribution in [0, 0.1) is 0 Å². The topological polar surface area (TPSA) is 61.0 Å². The van der Waals surface area contributed by atoms with Crippen LogP contribution in [0.15, 0.2) is 36.7 Å². The van der Waals surface area contributed by atoms with Gasteiger partial charge in [0, 0.05) is 24.5 Å². The van der Waals surface area contributed by atoms with E-state index in [1.165, 1.54) is 0 Å². The standard InChI is InChI=1S/C14H17N3O/c1-2-4-12-7-11(9-15)8-14(17-12)18-13-5-3-6-16-10-13/h3,5-8,10H,2,4,9,15H2,1H3. The summed E-state index contributed by atoms with van der Waals surface area (Å²) >= 11 is 0. The Balaban J connectivity index is 2.24. The van der Waals surface area contributed by atoms with E-state index in [2.05, 4.69) is 16.9 Å². The highest BCUT2D eigenvalue weighted by Gasteiger charge is 2.04. The molecule has 0 unspecified atom stereocenters. The molecular weight excluding hydrogens is 226 g/mol. The average Bonchev–Trinajstić information content (AvgIpc) is 2.40. The van der Waals surface area contributed by atoms with Crippen molar-refractivity contribution in [3.8, 4) is 11.6 Å². The first-order valence-electron chi connectivity index (χ1n) is 6.09. The van der Waals surface area contributed by atoms with Crippen LogP contribution in [0.4, 0.5) is 0 Å². The fraction of sp³-hybridized carbons (Fsp3) is 0.286. The SMILES string of the molecule is CCCc1cc(CN)cc(Oc2cccnc2)n1. The number of rotatable bonds is 5. The lowest BCUT2D eigenvalue weighted by atomic mass is 10.1. The number of ether oxygens (including phenoxy) is 1. The van der Waals surface area contributed by atoms with Crippen molar-refractivity contribution in [2.24, 2.45) is 5.73 Å². The van der Waals surface area contributed by atoms with Gasteiger partial charge in [0.05, 0.1) is 6.20 Å². The molecule has 0 spiro atoms. The third kappa shape index (κ3) is 3.28. The van der Waals surface area contributed by atoms with Gasteiger partial charge in [-0.15, -0.1) is 0 Å². The lowest BCUT2D eigenvalue weighted by Crippen LogP contribution is -2.01. The van der Waals surface area contributed by atoms with Crippen LogP contribution in [0.25, 0.3) is 0 Å². The third-order valence-corrected chi connectivity index (χ3v) is 2.51. The van der Waals surface area contributed by atoms with Gasteiger partial charge in [-0.3, -0.25) is 4.98 Å². The molecule has 0 amide bonds. The van der Waals surface area contributed by atoms with Crippen molar-refractivity contribution in [2.45, 2.75) is 26.3 Å². The van der Waals surface area contributed by atoms with E-state index >= 15 is 0 Å². The first-order valence-corrected chi connectivity index (χ1v) is 6.09. The first-order chi connectivity index (χ1) is 8.81. The highest BCUT2D eigenvalue weighted by atomic mass is 16.5. The molecule has 0 bridgehead atoms. The lowest BCUT2D eigenvalue weighted by molar-refractivity contribution is 0.457. The van der Waals surface area contributed by atoms with Crippen LogP contribution in [0.3, 0.4) is 0 Å². The fourth-order valence-electron chi connectivity index (χ4n) is 1.70. The van der Waals surface area contributed by atoms with Gasteiger partial charge in [0.1, 0.15) is 5.75 Å². The van der Waals surface area contributed by atoms with Crippen LogP contribution in [-0.2, 0) is 13.0 Å². The van der Waals surface area contributed by atoms with E-state index in [9.17, 15) is 0 Å². The Morgan fingerprint density at radius 1 is 1.33 bits per heavy atom. The number of nitrogens with zero attached hydrogens (tertiary/aromatic N) is 2. The zero-order valence-electron chi connectivity index (χ0n) is 10.5. The molecule has 0 aromatic carbocycles. The minimum Gasteiger partial charge on any atom is -0.437 e. The van der Waals surface area contributed by atoms with E-state index in [1.807, 2.05) is 24.3 Å². The average molecular weight is 243 g/mol. The number of aryl methyl sites for hydroxylation is 1. The molecule has 94 valence electrons. The Morgan fingerprint density at radius 2 is 2.22 bits per heavy atom. The van der Waals surface area contributed by atoms with Crippen LogP contribution >= 0.6 is 0 Å². The zero-order chi connectivity index (χ0) is 12.8. The summed E-state index contributed by atoms with van der Waals surface area (Å²) < 4.78 is 5.68. The molecule has 0 aliphatic carbocycles. The van der Waals surface area contributed by atoms with E-state index < -0.39 is 0 Å².